The van der Waals surface area contributed by atoms with Gasteiger partial charge in [-0.25, -0.2) is 0 Å². The maximum Gasteiger partial charge on any atom is 0.118 e. The molecule has 1 aromatic rings. The van der Waals surface area contributed by atoms with Crippen LogP contribution in [0, 0.1) is 0 Å². The fraction of sp³-hybridized carbons (Fsp3) is 0.273. The van der Waals surface area contributed by atoms with Gasteiger partial charge in [0.25, 0.3) is 0 Å². The van der Waals surface area contributed by atoms with Gasteiger partial charge in [0.15, 0.2) is 0 Å². The average Bonchev–Trinajstić information content (AvgIpc) is 2.67. The highest BCUT2D eigenvalue weighted by Gasteiger charge is 2.24. The molecule has 3 nitrogen and oxygen atoms in total. The van der Waals surface area contributed by atoms with Crippen LogP contribution in [0.1, 0.15) is 11.6 Å². The molecule has 5 heteroatoms. The third kappa shape index (κ3) is 2.12. The number of rotatable bonds is 2. The Hall–Kier alpha value is -0.900. The summed E-state index contributed by atoms with van der Waals surface area (Å²) < 4.78 is 0. The second kappa shape index (κ2) is 4.53. The van der Waals surface area contributed by atoms with E-state index in [1.54, 1.807) is 6.07 Å². The third-order valence-electron chi connectivity index (χ3n) is 2.68. The molecule has 0 radical (unpaired) electrons. The summed E-state index contributed by atoms with van der Waals surface area (Å²) in [7, 11) is 1.97. The molecular weight excluding hydrogens is 245 g/mol. The van der Waals surface area contributed by atoms with Gasteiger partial charge < -0.3 is 16.0 Å². The monoisotopic (exact) mass is 257 g/mol. The summed E-state index contributed by atoms with van der Waals surface area (Å²) in [6.45, 7) is 0. The first kappa shape index (κ1) is 11.6. The Kier molecular flexibility index (Phi) is 3.28. The molecule has 16 heavy (non-hydrogen) atoms. The van der Waals surface area contributed by atoms with E-state index < -0.39 is 0 Å². The molecule has 0 spiro atoms. The zero-order valence-corrected chi connectivity index (χ0v) is 10.3. The molecule has 0 fully saturated rings. The van der Waals surface area contributed by atoms with Crippen molar-refractivity contribution in [1.82, 2.24) is 10.2 Å². The summed E-state index contributed by atoms with van der Waals surface area (Å²) in [5.74, 6) is 0. The summed E-state index contributed by atoms with van der Waals surface area (Å²) in [4.78, 5) is 2.02. The standard InChI is InChI=1S/C11H13Cl2N3/c1-16-5-4-15-11(16)10(14)7-2-3-8(12)9(13)6-7/h2-6,10-11,15H,14H2,1H3/t10-,11?/m0/s1. The Balaban J connectivity index is 2.20. The summed E-state index contributed by atoms with van der Waals surface area (Å²) in [6, 6.07) is 5.31. The Morgan fingerprint density at radius 2 is 2.12 bits per heavy atom. The molecule has 3 N–H and O–H groups in total. The van der Waals surface area contributed by atoms with Crippen LogP contribution < -0.4 is 11.1 Å². The summed E-state index contributed by atoms with van der Waals surface area (Å²) >= 11 is 11.8. The highest BCUT2D eigenvalue weighted by molar-refractivity contribution is 6.42. The molecule has 1 aromatic carbocycles. The number of halogens is 2. The lowest BCUT2D eigenvalue weighted by Crippen LogP contribution is -2.42. The molecule has 0 aromatic heterocycles. The summed E-state index contributed by atoms with van der Waals surface area (Å²) in [5.41, 5.74) is 7.12. The van der Waals surface area contributed by atoms with E-state index in [4.69, 9.17) is 28.9 Å². The third-order valence-corrected chi connectivity index (χ3v) is 3.42. The topological polar surface area (TPSA) is 41.3 Å². The van der Waals surface area contributed by atoms with E-state index in [0.717, 1.165) is 5.56 Å². The second-order valence-corrected chi connectivity index (χ2v) is 4.61. The van der Waals surface area contributed by atoms with Crippen molar-refractivity contribution in [2.24, 2.45) is 5.73 Å². The van der Waals surface area contributed by atoms with Crippen LogP contribution in [0.2, 0.25) is 10.0 Å². The predicted octanol–water partition coefficient (Wildman–Crippen LogP) is 2.33. The zero-order chi connectivity index (χ0) is 11.7. The Morgan fingerprint density at radius 1 is 1.38 bits per heavy atom. The number of likely N-dealkylation sites (N-methyl/N-ethyl adjacent to an activating group) is 1. The van der Waals surface area contributed by atoms with Crippen molar-refractivity contribution < 1.29 is 0 Å². The van der Waals surface area contributed by atoms with Crippen LogP contribution in [0.3, 0.4) is 0 Å². The van der Waals surface area contributed by atoms with Crippen LogP contribution in [0.5, 0.6) is 0 Å². The molecule has 0 saturated carbocycles. The van der Waals surface area contributed by atoms with Gasteiger partial charge in [0.2, 0.25) is 0 Å². The first-order chi connectivity index (χ1) is 7.59. The van der Waals surface area contributed by atoms with Gasteiger partial charge in [0.05, 0.1) is 16.1 Å². The fourth-order valence-corrected chi connectivity index (χ4v) is 2.04. The van der Waals surface area contributed by atoms with Crippen molar-refractivity contribution in [3.05, 3.63) is 46.2 Å². The first-order valence-electron chi connectivity index (χ1n) is 4.95. The van der Waals surface area contributed by atoms with E-state index >= 15 is 0 Å². The normalized spacial score (nSPS) is 21.0. The maximum absolute atomic E-state index is 6.16. The largest absolute Gasteiger partial charge is 0.368 e. The van der Waals surface area contributed by atoms with Crippen LogP contribution in [0.4, 0.5) is 0 Å². The van der Waals surface area contributed by atoms with Crippen LogP contribution in [0.25, 0.3) is 0 Å². The minimum Gasteiger partial charge on any atom is -0.368 e. The van der Waals surface area contributed by atoms with Crippen molar-refractivity contribution >= 4 is 23.2 Å². The van der Waals surface area contributed by atoms with Crippen molar-refractivity contribution in [3.63, 3.8) is 0 Å². The molecule has 1 heterocycles. The molecule has 0 saturated heterocycles. The van der Waals surface area contributed by atoms with Crippen molar-refractivity contribution in [2.45, 2.75) is 12.2 Å². The number of nitrogens with one attached hydrogen (secondary N) is 1. The predicted molar refractivity (Wildman–Crippen MR) is 67.2 cm³/mol. The lowest BCUT2D eigenvalue weighted by molar-refractivity contribution is 0.285. The molecule has 1 aliphatic heterocycles. The van der Waals surface area contributed by atoms with Crippen LogP contribution in [0.15, 0.2) is 30.6 Å². The van der Waals surface area contributed by atoms with Gasteiger partial charge in [-0.2, -0.15) is 0 Å². The van der Waals surface area contributed by atoms with Gasteiger partial charge in [-0.05, 0) is 17.7 Å². The van der Waals surface area contributed by atoms with Crippen molar-refractivity contribution in [3.8, 4) is 0 Å². The summed E-state index contributed by atoms with van der Waals surface area (Å²) in [5, 5.41) is 4.26. The van der Waals surface area contributed by atoms with Crippen molar-refractivity contribution in [1.29, 1.82) is 0 Å². The van der Waals surface area contributed by atoms with Crippen LogP contribution >= 0.6 is 23.2 Å². The quantitative estimate of drug-likeness (QED) is 0.855. The number of hydrogen-bond donors (Lipinski definition) is 2. The highest BCUT2D eigenvalue weighted by atomic mass is 35.5. The Bertz CT molecular complexity index is 420. The average molecular weight is 258 g/mol. The molecule has 86 valence electrons. The molecular formula is C11H13Cl2N3. The molecule has 1 aliphatic rings. The maximum atomic E-state index is 6.16. The molecule has 0 aliphatic carbocycles. The lowest BCUT2D eigenvalue weighted by Gasteiger charge is -2.27. The number of benzene rings is 1. The minimum absolute atomic E-state index is 0.0530. The number of nitrogens with zero attached hydrogens (tertiary/aromatic N) is 1. The van der Waals surface area contributed by atoms with Gasteiger partial charge in [-0.15, -0.1) is 0 Å². The Morgan fingerprint density at radius 3 is 2.69 bits per heavy atom. The van der Waals surface area contributed by atoms with Gasteiger partial charge in [-0.1, -0.05) is 29.3 Å². The zero-order valence-electron chi connectivity index (χ0n) is 8.82. The second-order valence-electron chi connectivity index (χ2n) is 3.79. The van der Waals surface area contributed by atoms with Gasteiger partial charge >= 0.3 is 0 Å². The highest BCUT2D eigenvalue weighted by Crippen LogP contribution is 2.27. The van der Waals surface area contributed by atoms with E-state index in [9.17, 15) is 0 Å². The molecule has 0 amide bonds. The van der Waals surface area contributed by atoms with E-state index in [1.165, 1.54) is 0 Å². The smallest absolute Gasteiger partial charge is 0.118 e. The molecule has 1 unspecified atom stereocenters. The van der Waals surface area contributed by atoms with Crippen molar-refractivity contribution in [2.75, 3.05) is 7.05 Å². The van der Waals surface area contributed by atoms with Gasteiger partial charge in [0, 0.05) is 19.4 Å². The SMILES string of the molecule is CN1C=CNC1[C@@H](N)c1ccc(Cl)c(Cl)c1. The van der Waals surface area contributed by atoms with Gasteiger partial charge in [0.1, 0.15) is 6.17 Å². The lowest BCUT2D eigenvalue weighted by atomic mass is 10.1. The van der Waals surface area contributed by atoms with Gasteiger partial charge in [-0.3, -0.25) is 0 Å². The Labute approximate surface area is 105 Å². The minimum atomic E-state index is -0.158. The van der Waals surface area contributed by atoms with E-state index in [1.807, 2.05) is 36.5 Å². The number of nitrogens with two attached hydrogens (primary N) is 1. The fourth-order valence-electron chi connectivity index (χ4n) is 1.73. The molecule has 0 bridgehead atoms. The van der Waals surface area contributed by atoms with Crippen LogP contribution in [-0.4, -0.2) is 18.1 Å². The van der Waals surface area contributed by atoms with E-state index in [2.05, 4.69) is 5.32 Å². The molecule has 2 rings (SSSR count). The van der Waals surface area contributed by atoms with E-state index in [0.29, 0.717) is 10.0 Å². The first-order valence-corrected chi connectivity index (χ1v) is 5.70. The van der Waals surface area contributed by atoms with E-state index in [-0.39, 0.29) is 12.2 Å². The van der Waals surface area contributed by atoms with Crippen LogP contribution in [-0.2, 0) is 0 Å². The number of hydrogen-bond acceptors (Lipinski definition) is 3. The molecule has 2 atom stereocenters. The summed E-state index contributed by atoms with van der Waals surface area (Å²) in [6.07, 6.45) is 3.88.